The summed E-state index contributed by atoms with van der Waals surface area (Å²) in [7, 11) is 1.79. The number of rotatable bonds is 8. The van der Waals surface area contributed by atoms with Gasteiger partial charge in [0.15, 0.2) is 0 Å². The summed E-state index contributed by atoms with van der Waals surface area (Å²) >= 11 is 0. The summed E-state index contributed by atoms with van der Waals surface area (Å²) in [5, 5.41) is 3.77. The minimum atomic E-state index is 0.469. The lowest BCUT2D eigenvalue weighted by molar-refractivity contribution is 0.148. The molecule has 0 spiro atoms. The molecule has 0 aromatic carbocycles. The molecule has 3 N–H and O–H groups in total. The lowest BCUT2D eigenvalue weighted by Gasteiger charge is -2.28. The van der Waals surface area contributed by atoms with Gasteiger partial charge in [0.2, 0.25) is 0 Å². The highest BCUT2D eigenvalue weighted by Crippen LogP contribution is 2.25. The van der Waals surface area contributed by atoms with Crippen LogP contribution in [0.4, 0.5) is 0 Å². The molecular weight excluding hydrogens is 224 g/mol. The van der Waals surface area contributed by atoms with E-state index in [-0.39, 0.29) is 0 Å². The molecule has 1 unspecified atom stereocenters. The molecule has 3 nitrogen and oxygen atoms in total. The lowest BCUT2D eigenvalue weighted by atomic mass is 9.92. The van der Waals surface area contributed by atoms with E-state index in [0.29, 0.717) is 12.1 Å². The van der Waals surface area contributed by atoms with Crippen molar-refractivity contribution in [1.29, 1.82) is 0 Å². The lowest BCUT2D eigenvalue weighted by Crippen LogP contribution is -2.43. The van der Waals surface area contributed by atoms with Crippen LogP contribution < -0.4 is 11.1 Å². The van der Waals surface area contributed by atoms with Gasteiger partial charge in [-0.05, 0) is 45.1 Å². The zero-order chi connectivity index (χ0) is 13.2. The maximum absolute atomic E-state index is 5.60. The molecule has 0 heterocycles. The third-order valence-electron chi connectivity index (χ3n) is 4.23. The summed E-state index contributed by atoms with van der Waals surface area (Å²) in [6.45, 7) is 3.93. The Labute approximate surface area is 113 Å². The SMILES string of the molecule is COCC(CCCN)N[C@@H](C)C1CCCCCC1. The van der Waals surface area contributed by atoms with Gasteiger partial charge in [0.05, 0.1) is 6.61 Å². The predicted octanol–water partition coefficient (Wildman–Crippen LogP) is 2.69. The zero-order valence-corrected chi connectivity index (χ0v) is 12.3. The van der Waals surface area contributed by atoms with Crippen molar-refractivity contribution >= 4 is 0 Å². The van der Waals surface area contributed by atoms with Crippen molar-refractivity contribution in [2.24, 2.45) is 11.7 Å². The van der Waals surface area contributed by atoms with E-state index < -0.39 is 0 Å². The standard InChI is InChI=1S/C15H32N2O/c1-13(14-8-5-3-4-6-9-14)17-15(12-18-2)10-7-11-16/h13-15,17H,3-12,16H2,1-2H3/t13-,15?/m0/s1. The van der Waals surface area contributed by atoms with Crippen LogP contribution in [-0.2, 0) is 4.74 Å². The Morgan fingerprint density at radius 3 is 2.44 bits per heavy atom. The van der Waals surface area contributed by atoms with Gasteiger partial charge in [-0.25, -0.2) is 0 Å². The van der Waals surface area contributed by atoms with Crippen molar-refractivity contribution in [1.82, 2.24) is 5.32 Å². The molecule has 0 bridgehead atoms. The van der Waals surface area contributed by atoms with Crippen LogP contribution in [-0.4, -0.2) is 32.3 Å². The van der Waals surface area contributed by atoms with Gasteiger partial charge in [0.25, 0.3) is 0 Å². The molecule has 2 atom stereocenters. The van der Waals surface area contributed by atoms with Gasteiger partial charge in [-0.1, -0.05) is 25.7 Å². The highest BCUT2D eigenvalue weighted by atomic mass is 16.5. The monoisotopic (exact) mass is 256 g/mol. The molecule has 1 fully saturated rings. The van der Waals surface area contributed by atoms with Crippen LogP contribution in [0, 0.1) is 5.92 Å². The Balaban J connectivity index is 2.35. The fourth-order valence-corrected chi connectivity index (χ4v) is 3.10. The molecule has 0 saturated heterocycles. The summed E-state index contributed by atoms with van der Waals surface area (Å²) in [4.78, 5) is 0. The Bertz CT molecular complexity index is 191. The summed E-state index contributed by atoms with van der Waals surface area (Å²) in [5.74, 6) is 0.852. The molecular formula is C15H32N2O. The second kappa shape index (κ2) is 9.76. The number of ether oxygens (including phenoxy) is 1. The highest BCUT2D eigenvalue weighted by Gasteiger charge is 2.21. The number of hydrogen-bond acceptors (Lipinski definition) is 3. The van der Waals surface area contributed by atoms with Crippen molar-refractivity contribution in [2.75, 3.05) is 20.3 Å². The summed E-state index contributed by atoms with van der Waals surface area (Å²) in [6, 6.07) is 1.08. The van der Waals surface area contributed by atoms with Crippen molar-refractivity contribution in [2.45, 2.75) is 70.4 Å². The first kappa shape index (κ1) is 15.9. The third kappa shape index (κ3) is 6.17. The number of nitrogens with one attached hydrogen (secondary N) is 1. The maximum Gasteiger partial charge on any atom is 0.0615 e. The van der Waals surface area contributed by atoms with Gasteiger partial charge in [-0.3, -0.25) is 0 Å². The number of hydrogen-bond donors (Lipinski definition) is 2. The van der Waals surface area contributed by atoms with Gasteiger partial charge in [0, 0.05) is 19.2 Å². The van der Waals surface area contributed by atoms with Crippen molar-refractivity contribution in [3.05, 3.63) is 0 Å². The third-order valence-corrected chi connectivity index (χ3v) is 4.23. The predicted molar refractivity (Wildman–Crippen MR) is 77.7 cm³/mol. The van der Waals surface area contributed by atoms with E-state index in [2.05, 4.69) is 12.2 Å². The first-order valence-corrected chi connectivity index (χ1v) is 7.73. The Morgan fingerprint density at radius 1 is 1.22 bits per heavy atom. The van der Waals surface area contributed by atoms with Crippen LogP contribution in [0.3, 0.4) is 0 Å². The molecule has 0 aromatic rings. The van der Waals surface area contributed by atoms with E-state index in [1.54, 1.807) is 7.11 Å². The second-order valence-corrected chi connectivity index (χ2v) is 5.79. The van der Waals surface area contributed by atoms with Crippen LogP contribution in [0.1, 0.15) is 58.3 Å². The van der Waals surface area contributed by atoms with Gasteiger partial charge in [-0.2, -0.15) is 0 Å². The fourth-order valence-electron chi connectivity index (χ4n) is 3.10. The molecule has 0 radical (unpaired) electrons. The van der Waals surface area contributed by atoms with Crippen LogP contribution in [0.5, 0.6) is 0 Å². The smallest absolute Gasteiger partial charge is 0.0615 e. The highest BCUT2D eigenvalue weighted by molar-refractivity contribution is 4.79. The first-order chi connectivity index (χ1) is 8.77. The minimum absolute atomic E-state index is 0.469. The molecule has 1 rings (SSSR count). The van der Waals surface area contributed by atoms with Crippen molar-refractivity contribution in [3.63, 3.8) is 0 Å². The topological polar surface area (TPSA) is 47.3 Å². The summed E-state index contributed by atoms with van der Waals surface area (Å²) in [5.41, 5.74) is 5.60. The molecule has 108 valence electrons. The largest absolute Gasteiger partial charge is 0.383 e. The van der Waals surface area contributed by atoms with E-state index in [1.165, 1.54) is 38.5 Å². The van der Waals surface area contributed by atoms with E-state index in [0.717, 1.165) is 31.9 Å². The summed E-state index contributed by atoms with van der Waals surface area (Å²) < 4.78 is 5.31. The van der Waals surface area contributed by atoms with E-state index in [1.807, 2.05) is 0 Å². The van der Waals surface area contributed by atoms with E-state index >= 15 is 0 Å². The maximum atomic E-state index is 5.60. The number of nitrogens with two attached hydrogens (primary N) is 1. The first-order valence-electron chi connectivity index (χ1n) is 7.73. The second-order valence-electron chi connectivity index (χ2n) is 5.79. The van der Waals surface area contributed by atoms with Gasteiger partial charge in [-0.15, -0.1) is 0 Å². The van der Waals surface area contributed by atoms with E-state index in [9.17, 15) is 0 Å². The molecule has 3 heteroatoms. The Morgan fingerprint density at radius 2 is 1.89 bits per heavy atom. The van der Waals surface area contributed by atoms with Crippen molar-refractivity contribution in [3.8, 4) is 0 Å². The van der Waals surface area contributed by atoms with Gasteiger partial charge < -0.3 is 15.8 Å². The molecule has 0 aromatic heterocycles. The Hall–Kier alpha value is -0.120. The van der Waals surface area contributed by atoms with Crippen LogP contribution in [0.2, 0.25) is 0 Å². The average molecular weight is 256 g/mol. The average Bonchev–Trinajstić information content (AvgIpc) is 2.65. The minimum Gasteiger partial charge on any atom is -0.383 e. The normalized spacial score (nSPS) is 21.5. The van der Waals surface area contributed by atoms with Crippen molar-refractivity contribution < 1.29 is 4.74 Å². The van der Waals surface area contributed by atoms with Crippen LogP contribution >= 0.6 is 0 Å². The molecule has 0 aliphatic heterocycles. The van der Waals surface area contributed by atoms with E-state index in [4.69, 9.17) is 10.5 Å². The zero-order valence-electron chi connectivity index (χ0n) is 12.3. The molecule has 1 aliphatic rings. The van der Waals surface area contributed by atoms with Crippen LogP contribution in [0.25, 0.3) is 0 Å². The molecule has 1 saturated carbocycles. The fraction of sp³-hybridized carbons (Fsp3) is 1.00. The quantitative estimate of drug-likeness (QED) is 0.656. The molecule has 1 aliphatic carbocycles. The molecule has 0 amide bonds. The van der Waals surface area contributed by atoms with Gasteiger partial charge in [0.1, 0.15) is 0 Å². The summed E-state index contributed by atoms with van der Waals surface area (Å²) in [6.07, 6.45) is 10.7. The van der Waals surface area contributed by atoms with Crippen LogP contribution in [0.15, 0.2) is 0 Å². The van der Waals surface area contributed by atoms with Gasteiger partial charge >= 0.3 is 0 Å². The Kier molecular flexibility index (Phi) is 8.64. The number of methoxy groups -OCH3 is 1. The molecule has 18 heavy (non-hydrogen) atoms.